The number of hydrogen-bond donors (Lipinski definition) is 1. The van der Waals surface area contributed by atoms with Crippen LogP contribution in [0, 0.1) is 0 Å². The van der Waals surface area contributed by atoms with Gasteiger partial charge in [0.1, 0.15) is 0 Å². The molecule has 5 rings (SSSR count). The quantitative estimate of drug-likeness (QED) is 0.819. The summed E-state index contributed by atoms with van der Waals surface area (Å²) in [4.78, 5) is 24.0. The van der Waals surface area contributed by atoms with E-state index >= 15 is 0 Å². The van der Waals surface area contributed by atoms with E-state index in [-0.39, 0.29) is 11.9 Å². The topological polar surface area (TPSA) is 64.9 Å². The SMILES string of the molecule is O=C([C@@H]1C[C@H](N2CCN(c3ncoc3-c3ccccc3)CC2)CN1)N1CCSC1. The Balaban J connectivity index is 1.18. The van der Waals surface area contributed by atoms with Crippen molar-refractivity contribution in [2.75, 3.05) is 55.8 Å². The van der Waals surface area contributed by atoms with Crippen molar-refractivity contribution in [3.8, 4) is 11.3 Å². The lowest BCUT2D eigenvalue weighted by Crippen LogP contribution is -2.51. The van der Waals surface area contributed by atoms with Crippen LogP contribution in [-0.2, 0) is 4.79 Å². The van der Waals surface area contributed by atoms with E-state index in [4.69, 9.17) is 4.42 Å². The molecule has 3 aliphatic rings. The summed E-state index contributed by atoms with van der Waals surface area (Å²) < 4.78 is 5.70. The highest BCUT2D eigenvalue weighted by Gasteiger charge is 2.37. The zero-order valence-corrected chi connectivity index (χ0v) is 17.3. The maximum Gasteiger partial charge on any atom is 0.240 e. The monoisotopic (exact) mass is 413 g/mol. The van der Waals surface area contributed by atoms with E-state index in [2.05, 4.69) is 32.2 Å². The highest BCUT2D eigenvalue weighted by atomic mass is 32.2. The fourth-order valence-corrected chi connectivity index (χ4v) is 5.50. The van der Waals surface area contributed by atoms with Crippen molar-refractivity contribution in [3.05, 3.63) is 36.7 Å². The van der Waals surface area contributed by atoms with Crippen LogP contribution in [0.4, 0.5) is 5.82 Å². The standard InChI is InChI=1S/C21H27N5O2S/c27-21(26-10-11-29-15-26)18-12-17(13-22-18)24-6-8-25(9-7-24)20-19(28-14-23-20)16-4-2-1-3-5-16/h1-5,14,17-18,22H,6-13,15H2/t17-,18-/m0/s1. The zero-order chi connectivity index (χ0) is 19.6. The van der Waals surface area contributed by atoms with Gasteiger partial charge in [-0.15, -0.1) is 11.8 Å². The van der Waals surface area contributed by atoms with Crippen LogP contribution in [0.5, 0.6) is 0 Å². The number of aromatic nitrogens is 1. The van der Waals surface area contributed by atoms with Crippen molar-refractivity contribution in [2.45, 2.75) is 18.5 Å². The summed E-state index contributed by atoms with van der Waals surface area (Å²) in [5, 5.41) is 3.47. The number of nitrogens with zero attached hydrogens (tertiary/aromatic N) is 4. The minimum atomic E-state index is -0.0167. The Bertz CT molecular complexity index is 831. The van der Waals surface area contributed by atoms with Crippen LogP contribution in [0.2, 0.25) is 0 Å². The fraction of sp³-hybridized carbons (Fsp3) is 0.524. The lowest BCUT2D eigenvalue weighted by molar-refractivity contribution is -0.131. The average Bonchev–Trinajstić information content (AvgIpc) is 3.56. The first-order valence-corrected chi connectivity index (χ1v) is 11.5. The van der Waals surface area contributed by atoms with Crippen molar-refractivity contribution < 1.29 is 9.21 Å². The second-order valence-electron chi connectivity index (χ2n) is 7.88. The zero-order valence-electron chi connectivity index (χ0n) is 16.5. The number of benzene rings is 1. The molecule has 1 amide bonds. The van der Waals surface area contributed by atoms with Gasteiger partial charge < -0.3 is 19.5 Å². The molecule has 2 atom stereocenters. The summed E-state index contributed by atoms with van der Waals surface area (Å²) >= 11 is 1.84. The van der Waals surface area contributed by atoms with Gasteiger partial charge in [0, 0.05) is 56.6 Å². The van der Waals surface area contributed by atoms with Crippen LogP contribution in [0.3, 0.4) is 0 Å². The molecule has 8 heteroatoms. The molecular weight excluding hydrogens is 386 g/mol. The Morgan fingerprint density at radius 3 is 2.72 bits per heavy atom. The highest BCUT2D eigenvalue weighted by molar-refractivity contribution is 7.99. The van der Waals surface area contributed by atoms with E-state index in [0.717, 1.165) is 74.5 Å². The third kappa shape index (κ3) is 3.89. The highest BCUT2D eigenvalue weighted by Crippen LogP contribution is 2.30. The molecule has 1 aromatic carbocycles. The average molecular weight is 414 g/mol. The Hall–Kier alpha value is -2.03. The van der Waals surface area contributed by atoms with Crippen molar-refractivity contribution >= 4 is 23.5 Å². The van der Waals surface area contributed by atoms with E-state index in [1.165, 1.54) is 6.39 Å². The van der Waals surface area contributed by atoms with Crippen LogP contribution in [0.25, 0.3) is 11.3 Å². The lowest BCUT2D eigenvalue weighted by atomic mass is 10.1. The summed E-state index contributed by atoms with van der Waals surface area (Å²) in [6, 6.07) is 10.6. The molecule has 0 bridgehead atoms. The molecule has 0 radical (unpaired) electrons. The van der Waals surface area contributed by atoms with E-state index in [1.54, 1.807) is 0 Å². The molecule has 2 aromatic rings. The van der Waals surface area contributed by atoms with Crippen LogP contribution in [-0.4, -0.2) is 83.7 Å². The number of hydrogen-bond acceptors (Lipinski definition) is 7. The lowest BCUT2D eigenvalue weighted by Gasteiger charge is -2.38. The van der Waals surface area contributed by atoms with E-state index in [1.807, 2.05) is 34.9 Å². The maximum absolute atomic E-state index is 12.7. The normalized spacial score (nSPS) is 25.7. The van der Waals surface area contributed by atoms with Crippen LogP contribution >= 0.6 is 11.8 Å². The number of thioether (sulfide) groups is 1. The molecule has 154 valence electrons. The summed E-state index contributed by atoms with van der Waals surface area (Å²) in [7, 11) is 0. The molecule has 0 unspecified atom stereocenters. The molecule has 0 spiro atoms. The number of rotatable bonds is 4. The number of nitrogens with one attached hydrogen (secondary N) is 1. The van der Waals surface area contributed by atoms with Gasteiger partial charge in [0.2, 0.25) is 5.91 Å². The van der Waals surface area contributed by atoms with Crippen LogP contribution in [0.1, 0.15) is 6.42 Å². The molecule has 0 aliphatic carbocycles. The molecule has 0 saturated carbocycles. The summed E-state index contributed by atoms with van der Waals surface area (Å²) in [5.41, 5.74) is 1.06. The van der Waals surface area contributed by atoms with E-state index in [9.17, 15) is 4.79 Å². The first-order chi connectivity index (χ1) is 14.3. The summed E-state index contributed by atoms with van der Waals surface area (Å²) in [5.74, 6) is 3.97. The minimum absolute atomic E-state index is 0.0167. The van der Waals surface area contributed by atoms with Crippen molar-refractivity contribution in [1.82, 2.24) is 20.1 Å². The second kappa shape index (κ2) is 8.38. The predicted octanol–water partition coefficient (Wildman–Crippen LogP) is 1.73. The van der Waals surface area contributed by atoms with Gasteiger partial charge in [-0.2, -0.15) is 4.98 Å². The molecule has 1 aromatic heterocycles. The predicted molar refractivity (Wildman–Crippen MR) is 115 cm³/mol. The maximum atomic E-state index is 12.7. The summed E-state index contributed by atoms with van der Waals surface area (Å²) in [6.45, 7) is 5.60. The third-order valence-electron chi connectivity index (χ3n) is 6.18. The van der Waals surface area contributed by atoms with Gasteiger partial charge in [-0.05, 0) is 6.42 Å². The van der Waals surface area contributed by atoms with Gasteiger partial charge in [-0.1, -0.05) is 30.3 Å². The molecule has 7 nitrogen and oxygen atoms in total. The van der Waals surface area contributed by atoms with Gasteiger partial charge in [0.15, 0.2) is 18.0 Å². The first-order valence-electron chi connectivity index (χ1n) is 10.4. The van der Waals surface area contributed by atoms with E-state index in [0.29, 0.717) is 6.04 Å². The number of carbonyl (C=O) groups is 1. The Labute approximate surface area is 175 Å². The van der Waals surface area contributed by atoms with Crippen molar-refractivity contribution in [3.63, 3.8) is 0 Å². The molecule has 4 heterocycles. The molecule has 3 fully saturated rings. The molecule has 29 heavy (non-hydrogen) atoms. The number of oxazole rings is 1. The minimum Gasteiger partial charge on any atom is -0.441 e. The smallest absolute Gasteiger partial charge is 0.240 e. The first kappa shape index (κ1) is 19.0. The molecular formula is C21H27N5O2S. The van der Waals surface area contributed by atoms with Crippen LogP contribution < -0.4 is 10.2 Å². The Morgan fingerprint density at radius 2 is 1.97 bits per heavy atom. The number of anilines is 1. The van der Waals surface area contributed by atoms with Crippen molar-refractivity contribution in [1.29, 1.82) is 0 Å². The van der Waals surface area contributed by atoms with Gasteiger partial charge >= 0.3 is 0 Å². The van der Waals surface area contributed by atoms with Crippen molar-refractivity contribution in [2.24, 2.45) is 0 Å². The fourth-order valence-electron chi connectivity index (χ4n) is 4.54. The van der Waals surface area contributed by atoms with Gasteiger partial charge in [0.05, 0.1) is 11.9 Å². The third-order valence-corrected chi connectivity index (χ3v) is 7.15. The second-order valence-corrected chi connectivity index (χ2v) is 8.96. The molecule has 3 saturated heterocycles. The number of piperazine rings is 1. The van der Waals surface area contributed by atoms with E-state index < -0.39 is 0 Å². The molecule has 1 N–H and O–H groups in total. The Kier molecular flexibility index (Phi) is 5.48. The largest absolute Gasteiger partial charge is 0.441 e. The van der Waals surface area contributed by atoms with Gasteiger partial charge in [-0.3, -0.25) is 9.69 Å². The van der Waals surface area contributed by atoms with Gasteiger partial charge in [0.25, 0.3) is 0 Å². The Morgan fingerprint density at radius 1 is 1.14 bits per heavy atom. The number of carbonyl (C=O) groups excluding carboxylic acids is 1. The molecule has 3 aliphatic heterocycles. The number of amides is 1. The van der Waals surface area contributed by atoms with Gasteiger partial charge in [-0.25, -0.2) is 0 Å². The van der Waals surface area contributed by atoms with Crippen LogP contribution in [0.15, 0.2) is 41.1 Å². The summed E-state index contributed by atoms with van der Waals surface area (Å²) in [6.07, 6.45) is 2.46.